The molecule has 0 aliphatic rings. The van der Waals surface area contributed by atoms with Crippen LogP contribution in [0, 0.1) is 0 Å². The molecule has 0 bridgehead atoms. The van der Waals surface area contributed by atoms with Crippen LogP contribution in [-0.2, 0) is 0 Å². The van der Waals surface area contributed by atoms with E-state index in [1.807, 2.05) is 42.5 Å². The summed E-state index contributed by atoms with van der Waals surface area (Å²) in [5, 5.41) is 0.216. The van der Waals surface area contributed by atoms with Gasteiger partial charge in [0.1, 0.15) is 11.2 Å². The van der Waals surface area contributed by atoms with Crippen molar-refractivity contribution in [2.75, 3.05) is 0 Å². The molecule has 57 heavy (non-hydrogen) atoms. The van der Waals surface area contributed by atoms with Gasteiger partial charge >= 0.3 is 0 Å². The van der Waals surface area contributed by atoms with Crippen molar-refractivity contribution in [3.8, 4) is 45.5 Å². The summed E-state index contributed by atoms with van der Waals surface area (Å²) >= 11 is 0. The first-order chi connectivity index (χ1) is 36.6. The molecule has 6 heteroatoms. The van der Waals surface area contributed by atoms with Gasteiger partial charge in [-0.15, -0.1) is 0 Å². The highest BCUT2D eigenvalue weighted by atomic mass is 16.3. The van der Waals surface area contributed by atoms with Crippen molar-refractivity contribution in [3.63, 3.8) is 0 Å². The van der Waals surface area contributed by atoms with Crippen molar-refractivity contribution in [2.45, 2.75) is 0 Å². The Balaban J connectivity index is 1.27. The van der Waals surface area contributed by atoms with E-state index in [0.717, 1.165) is 19.9 Å². The summed E-state index contributed by atoms with van der Waals surface area (Å²) in [6.45, 7) is 0. The molecule has 0 radical (unpaired) electrons. The second kappa shape index (κ2) is 12.3. The van der Waals surface area contributed by atoms with Crippen LogP contribution in [0.1, 0.15) is 27.4 Å². The Morgan fingerprint density at radius 2 is 0.965 bits per heavy atom. The molecule has 0 N–H and O–H groups in total. The minimum absolute atomic E-state index is 0.234. The molecule has 6 nitrogen and oxygen atoms in total. The first-order valence-corrected chi connectivity index (χ1v) is 17.5. The smallest absolute Gasteiger partial charge is 0.240 e. The molecule has 266 valence electrons. The van der Waals surface area contributed by atoms with Gasteiger partial charge in [-0.3, -0.25) is 9.13 Å². The van der Waals surface area contributed by atoms with E-state index < -0.39 is 177 Å². The van der Waals surface area contributed by atoms with Crippen LogP contribution in [0.15, 0.2) is 192 Å². The van der Waals surface area contributed by atoms with Crippen molar-refractivity contribution in [1.82, 2.24) is 24.1 Å². The highest BCUT2D eigenvalue weighted by molar-refractivity contribution is 6.11. The number of fused-ring (bicyclic) bond motifs is 9. The first kappa shape index (κ1) is 17.8. The van der Waals surface area contributed by atoms with Crippen molar-refractivity contribution in [2.24, 2.45) is 0 Å². The number of furan rings is 1. The van der Waals surface area contributed by atoms with Gasteiger partial charge in [-0.2, -0.15) is 15.0 Å². The van der Waals surface area contributed by atoms with Crippen molar-refractivity contribution in [3.05, 3.63) is 188 Å². The van der Waals surface area contributed by atoms with Gasteiger partial charge < -0.3 is 4.42 Å². The molecule has 0 saturated carbocycles. The fourth-order valence-electron chi connectivity index (χ4n) is 7.26. The van der Waals surface area contributed by atoms with Crippen LogP contribution >= 0.6 is 0 Å². The molecule has 4 aromatic heterocycles. The molecule has 0 unspecified atom stereocenters. The molecular formula is C51H31N5O. The van der Waals surface area contributed by atoms with E-state index in [2.05, 4.69) is 0 Å². The monoisotopic (exact) mass is 749 g/mol. The third-order valence-electron chi connectivity index (χ3n) is 9.78. The molecule has 8 aromatic carbocycles. The van der Waals surface area contributed by atoms with Gasteiger partial charge in [0.25, 0.3) is 0 Å². The molecule has 0 aliphatic carbocycles. The van der Waals surface area contributed by atoms with Crippen LogP contribution in [0.25, 0.3) is 111 Å². The topological polar surface area (TPSA) is 61.7 Å². The maximum Gasteiger partial charge on any atom is 0.240 e. The van der Waals surface area contributed by atoms with E-state index in [9.17, 15) is 9.60 Å². The lowest BCUT2D eigenvalue weighted by Crippen LogP contribution is -2.10. The summed E-state index contributed by atoms with van der Waals surface area (Å²) < 4.78 is 187. The molecule has 12 aromatic rings. The minimum Gasteiger partial charge on any atom is -0.456 e. The second-order valence-electron chi connectivity index (χ2n) is 13.0. The Morgan fingerprint density at radius 1 is 0.386 bits per heavy atom. The molecule has 0 spiro atoms. The Labute approximate surface area is 354 Å². The molecule has 0 amide bonds. The highest BCUT2D eigenvalue weighted by Gasteiger charge is 2.21. The van der Waals surface area contributed by atoms with Crippen LogP contribution in [-0.4, -0.2) is 24.1 Å². The second-order valence-corrected chi connectivity index (χ2v) is 13.0. The summed E-state index contributed by atoms with van der Waals surface area (Å²) in [5.74, 6) is -1.40. The van der Waals surface area contributed by atoms with E-state index in [4.69, 9.17) is 37.2 Å². The summed E-state index contributed by atoms with van der Waals surface area (Å²) in [4.78, 5) is 14.5. The Morgan fingerprint density at radius 3 is 1.68 bits per heavy atom. The van der Waals surface area contributed by atoms with Gasteiger partial charge in [-0.05, 0) is 70.7 Å². The Bertz CT molecular complexity index is 4610. The normalized spacial score (nSPS) is 16.8. The zero-order chi connectivity index (χ0) is 54.9. The van der Waals surface area contributed by atoms with Gasteiger partial charge in [0.2, 0.25) is 11.9 Å². The lowest BCUT2D eigenvalue weighted by molar-refractivity contribution is 0.669. The van der Waals surface area contributed by atoms with E-state index in [1.165, 1.54) is 0 Å². The number of para-hydroxylation sites is 4. The van der Waals surface area contributed by atoms with E-state index >= 15 is 0 Å². The predicted octanol–water partition coefficient (Wildman–Crippen LogP) is 13.0. The minimum atomic E-state index is -0.825. The zero-order valence-electron chi connectivity index (χ0n) is 49.0. The fraction of sp³-hybridized carbons (Fsp3) is 0. The van der Waals surface area contributed by atoms with E-state index in [1.54, 1.807) is 24.3 Å². The van der Waals surface area contributed by atoms with Crippen molar-refractivity contribution >= 4 is 65.6 Å². The lowest BCUT2D eigenvalue weighted by Gasteiger charge is -2.13. The maximum atomic E-state index is 9.88. The van der Waals surface area contributed by atoms with Crippen molar-refractivity contribution < 1.29 is 31.8 Å². The Kier molecular flexibility index (Phi) is 3.85. The van der Waals surface area contributed by atoms with Crippen LogP contribution < -0.4 is 0 Å². The fourth-order valence-corrected chi connectivity index (χ4v) is 7.26. The third-order valence-corrected chi connectivity index (χ3v) is 9.78. The van der Waals surface area contributed by atoms with Crippen LogP contribution in [0.5, 0.6) is 0 Å². The number of benzene rings is 8. The lowest BCUT2D eigenvalue weighted by atomic mass is 10.0. The maximum absolute atomic E-state index is 9.88. The van der Waals surface area contributed by atoms with E-state index in [-0.39, 0.29) is 22.2 Å². The van der Waals surface area contributed by atoms with Crippen LogP contribution in [0.3, 0.4) is 0 Å². The van der Waals surface area contributed by atoms with Crippen LogP contribution in [0.2, 0.25) is 0 Å². The molecule has 0 atom stereocenters. The summed E-state index contributed by atoms with van der Waals surface area (Å²) in [6, 6.07) is 4.73. The van der Waals surface area contributed by atoms with Crippen molar-refractivity contribution in [1.29, 1.82) is 0 Å². The first-order valence-electron chi connectivity index (χ1n) is 27.5. The molecule has 0 fully saturated rings. The van der Waals surface area contributed by atoms with Gasteiger partial charge in [0, 0.05) is 37.9 Å². The summed E-state index contributed by atoms with van der Waals surface area (Å²) in [7, 11) is 0. The zero-order valence-corrected chi connectivity index (χ0v) is 29.0. The molecule has 0 saturated heterocycles. The Hall–Kier alpha value is -7.83. The number of hydrogen-bond donors (Lipinski definition) is 0. The average Bonchev–Trinajstić information content (AvgIpc) is 4.17. The molecule has 0 aliphatic heterocycles. The number of nitrogens with zero attached hydrogens (tertiary/aromatic N) is 5. The average molecular weight is 750 g/mol. The number of hydrogen-bond acceptors (Lipinski definition) is 4. The number of rotatable bonds is 5. The number of aromatic nitrogens is 5. The predicted molar refractivity (Wildman–Crippen MR) is 232 cm³/mol. The van der Waals surface area contributed by atoms with Gasteiger partial charge in [0.15, 0.2) is 5.82 Å². The van der Waals surface area contributed by atoms with Crippen LogP contribution in [0.4, 0.5) is 0 Å². The summed E-state index contributed by atoms with van der Waals surface area (Å²) in [5.41, 5.74) is -0.149. The highest BCUT2D eigenvalue weighted by Crippen LogP contribution is 2.37. The van der Waals surface area contributed by atoms with E-state index in [0.29, 0.717) is 22.3 Å². The SMILES string of the molecule is [2H]c1c([2H])c([2H])c(-c2c([2H])c([2H])c3c4c([2H])c([2H])c([2H])c([2H])c4n(-c4nc(-c5cccc(-c6ccc7oc8ccccc8c7c6)c5)nc(-n5c6c([2H])c([2H])c([2H])c([2H])c6c6c([2H])c([2H])c([2H])c([2H])c65)n4)c3c2[2H])c([2H])c1[2H]. The quantitative estimate of drug-likeness (QED) is 0.176. The molecule has 12 rings (SSSR count). The van der Waals surface area contributed by atoms with Gasteiger partial charge in [-0.25, -0.2) is 0 Å². The molecular weight excluding hydrogens is 699 g/mol. The van der Waals surface area contributed by atoms with Gasteiger partial charge in [-0.1, -0.05) is 139 Å². The third kappa shape index (κ3) is 4.94. The molecule has 4 heterocycles. The van der Waals surface area contributed by atoms with Gasteiger partial charge in [0.05, 0.1) is 49.5 Å². The summed E-state index contributed by atoms with van der Waals surface area (Å²) in [6.07, 6.45) is 0. The standard InChI is InChI=1S/C51H31N5O/c1-2-13-32(14-3-1)35-25-27-40-39-19-6-10-23-45(39)56(46(40)31-35)51-53-49(52-50(54-51)55-43-21-8-4-17-37(43)38-18-5-9-22-44(38)55)36-16-12-15-33(29-36)34-26-28-48-42(30-34)41-20-7-11-24-47(41)57-48/h1-31H/i1D,2D,3D,4D,5D,6D,8D,9D,10D,13D,14D,17D,18D,19D,21D,22D,23D,25D,27D,31D. The largest absolute Gasteiger partial charge is 0.456 e.